The Morgan fingerprint density at radius 2 is 2.20 bits per heavy atom. The Bertz CT molecular complexity index is 579. The van der Waals surface area contributed by atoms with E-state index in [1.54, 1.807) is 11.4 Å². The van der Waals surface area contributed by atoms with E-state index in [-0.39, 0.29) is 24.3 Å². The van der Waals surface area contributed by atoms with Gasteiger partial charge in [0.2, 0.25) is 5.91 Å². The summed E-state index contributed by atoms with van der Waals surface area (Å²) in [5, 5.41) is 4.74. The monoisotopic (exact) mass is 294 g/mol. The molecule has 1 saturated heterocycles. The first-order chi connectivity index (χ1) is 9.61. The van der Waals surface area contributed by atoms with Gasteiger partial charge in [0.05, 0.1) is 19.2 Å². The van der Waals surface area contributed by atoms with Crippen molar-refractivity contribution in [1.29, 1.82) is 0 Å². The first kappa shape index (κ1) is 13.1. The quantitative estimate of drug-likeness (QED) is 0.668. The molecular weight excluding hydrogens is 280 g/mol. The number of anilines is 1. The molecule has 0 bridgehead atoms. The van der Waals surface area contributed by atoms with E-state index in [0.717, 1.165) is 12.8 Å². The van der Waals surface area contributed by atoms with Crippen molar-refractivity contribution in [3.63, 3.8) is 0 Å². The number of thiophene rings is 1. The molecule has 1 N–H and O–H groups in total. The summed E-state index contributed by atoms with van der Waals surface area (Å²) < 4.78 is 4.69. The Balaban J connectivity index is 1.75. The van der Waals surface area contributed by atoms with Gasteiger partial charge in [-0.05, 0) is 24.3 Å². The molecule has 1 aromatic heterocycles. The summed E-state index contributed by atoms with van der Waals surface area (Å²) in [6.07, 6.45) is 1.94. The number of nitrogens with one attached hydrogen (secondary N) is 1. The molecule has 20 heavy (non-hydrogen) atoms. The molecule has 1 aromatic rings. The zero-order chi connectivity index (χ0) is 14.3. The summed E-state index contributed by atoms with van der Waals surface area (Å²) in [7, 11) is 1.31. The minimum atomic E-state index is -0.582. The van der Waals surface area contributed by atoms with Crippen LogP contribution in [0.5, 0.6) is 0 Å². The van der Waals surface area contributed by atoms with Crippen molar-refractivity contribution in [2.45, 2.75) is 31.3 Å². The number of carbonyl (C=O) groups is 3. The first-order valence-corrected chi connectivity index (χ1v) is 7.28. The van der Waals surface area contributed by atoms with Crippen LogP contribution in [0, 0.1) is 0 Å². The van der Waals surface area contributed by atoms with Gasteiger partial charge in [-0.2, -0.15) is 0 Å². The van der Waals surface area contributed by atoms with Crippen LogP contribution in [-0.2, 0) is 14.3 Å². The Morgan fingerprint density at radius 3 is 2.85 bits per heavy atom. The molecule has 6 nitrogen and oxygen atoms in total. The number of ether oxygens (including phenoxy) is 1. The fourth-order valence-electron chi connectivity index (χ4n) is 2.34. The van der Waals surface area contributed by atoms with E-state index in [1.807, 2.05) is 0 Å². The second-order valence-corrected chi connectivity index (χ2v) is 5.81. The SMILES string of the molecule is COC(=O)c1sccc1NC1CC(=O)N(C2CC2)C1=O. The zero-order valence-corrected chi connectivity index (χ0v) is 11.7. The van der Waals surface area contributed by atoms with Crippen LogP contribution in [0.25, 0.3) is 0 Å². The Hall–Kier alpha value is -1.89. The van der Waals surface area contributed by atoms with Gasteiger partial charge in [-0.25, -0.2) is 4.79 Å². The average molecular weight is 294 g/mol. The maximum Gasteiger partial charge on any atom is 0.350 e. The second kappa shape index (κ2) is 4.90. The predicted octanol–water partition coefficient (Wildman–Crippen LogP) is 1.24. The minimum absolute atomic E-state index is 0.0874. The molecular formula is C13H14N2O4S. The molecule has 2 amide bonds. The number of nitrogens with zero attached hydrogens (tertiary/aromatic N) is 1. The molecule has 1 unspecified atom stereocenters. The number of esters is 1. The van der Waals surface area contributed by atoms with Gasteiger partial charge >= 0.3 is 5.97 Å². The van der Waals surface area contributed by atoms with Gasteiger partial charge < -0.3 is 10.1 Å². The lowest BCUT2D eigenvalue weighted by molar-refractivity contribution is -0.139. The van der Waals surface area contributed by atoms with E-state index in [1.165, 1.54) is 23.3 Å². The van der Waals surface area contributed by atoms with Gasteiger partial charge in [0, 0.05) is 6.04 Å². The third-order valence-corrected chi connectivity index (χ3v) is 4.36. The highest BCUT2D eigenvalue weighted by molar-refractivity contribution is 7.12. The summed E-state index contributed by atoms with van der Waals surface area (Å²) in [6.45, 7) is 0. The van der Waals surface area contributed by atoms with Crippen LogP contribution in [0.3, 0.4) is 0 Å². The Kier molecular flexibility index (Phi) is 3.21. The molecule has 1 aliphatic carbocycles. The Labute approximate surface area is 119 Å². The first-order valence-electron chi connectivity index (χ1n) is 6.40. The van der Waals surface area contributed by atoms with Crippen molar-refractivity contribution in [2.75, 3.05) is 12.4 Å². The molecule has 0 spiro atoms. The molecule has 106 valence electrons. The average Bonchev–Trinajstić information content (AvgIpc) is 3.08. The molecule has 1 atom stereocenters. The van der Waals surface area contributed by atoms with Crippen molar-refractivity contribution in [3.8, 4) is 0 Å². The fourth-order valence-corrected chi connectivity index (χ4v) is 3.12. The highest BCUT2D eigenvalue weighted by atomic mass is 32.1. The van der Waals surface area contributed by atoms with Gasteiger partial charge in [-0.15, -0.1) is 11.3 Å². The number of imide groups is 1. The zero-order valence-electron chi connectivity index (χ0n) is 10.9. The van der Waals surface area contributed by atoms with E-state index in [0.29, 0.717) is 10.6 Å². The van der Waals surface area contributed by atoms with Gasteiger partial charge in [-0.3, -0.25) is 14.5 Å². The standard InChI is InChI=1S/C13H14N2O4S/c1-19-13(18)11-8(4-5-20-11)14-9-6-10(16)15(12(9)17)7-2-3-7/h4-5,7,9,14H,2-3,6H2,1H3. The van der Waals surface area contributed by atoms with Crippen LogP contribution in [-0.4, -0.2) is 41.9 Å². The van der Waals surface area contributed by atoms with Crippen LogP contribution in [0.15, 0.2) is 11.4 Å². The van der Waals surface area contributed by atoms with E-state index < -0.39 is 12.0 Å². The molecule has 2 fully saturated rings. The smallest absolute Gasteiger partial charge is 0.350 e. The number of hydrogen-bond acceptors (Lipinski definition) is 6. The van der Waals surface area contributed by atoms with Crippen LogP contribution in [0.2, 0.25) is 0 Å². The lowest BCUT2D eigenvalue weighted by atomic mass is 10.2. The maximum absolute atomic E-state index is 12.2. The van der Waals surface area contributed by atoms with Crippen LogP contribution >= 0.6 is 11.3 Å². The second-order valence-electron chi connectivity index (χ2n) is 4.89. The third-order valence-electron chi connectivity index (χ3n) is 3.46. The summed E-state index contributed by atoms with van der Waals surface area (Å²) in [5.74, 6) is -0.775. The van der Waals surface area contributed by atoms with Crippen molar-refractivity contribution in [1.82, 2.24) is 4.90 Å². The molecule has 2 heterocycles. The normalized spacial score (nSPS) is 22.2. The van der Waals surface area contributed by atoms with Crippen molar-refractivity contribution in [2.24, 2.45) is 0 Å². The lowest BCUT2D eigenvalue weighted by Crippen LogP contribution is -2.36. The van der Waals surface area contributed by atoms with Crippen LogP contribution in [0.4, 0.5) is 5.69 Å². The highest BCUT2D eigenvalue weighted by Gasteiger charge is 2.46. The fraction of sp³-hybridized carbons (Fsp3) is 0.462. The maximum atomic E-state index is 12.2. The molecule has 3 rings (SSSR count). The highest BCUT2D eigenvalue weighted by Crippen LogP contribution is 2.33. The number of likely N-dealkylation sites (tertiary alicyclic amines) is 1. The predicted molar refractivity (Wildman–Crippen MR) is 72.6 cm³/mol. The molecule has 1 saturated carbocycles. The van der Waals surface area contributed by atoms with Crippen molar-refractivity contribution < 1.29 is 19.1 Å². The van der Waals surface area contributed by atoms with Crippen molar-refractivity contribution in [3.05, 3.63) is 16.3 Å². The van der Waals surface area contributed by atoms with Crippen molar-refractivity contribution >= 4 is 34.8 Å². The minimum Gasteiger partial charge on any atom is -0.465 e. The number of rotatable bonds is 4. The van der Waals surface area contributed by atoms with Gasteiger partial charge in [0.1, 0.15) is 10.9 Å². The van der Waals surface area contributed by atoms with Gasteiger partial charge in [0.15, 0.2) is 0 Å². The molecule has 1 aliphatic heterocycles. The van der Waals surface area contributed by atoms with Crippen LogP contribution < -0.4 is 5.32 Å². The summed E-state index contributed by atoms with van der Waals surface area (Å²) >= 11 is 1.24. The van der Waals surface area contributed by atoms with Gasteiger partial charge in [-0.1, -0.05) is 0 Å². The van der Waals surface area contributed by atoms with E-state index in [2.05, 4.69) is 10.1 Å². The topological polar surface area (TPSA) is 75.7 Å². The Morgan fingerprint density at radius 1 is 1.45 bits per heavy atom. The van der Waals surface area contributed by atoms with E-state index >= 15 is 0 Å². The number of carbonyl (C=O) groups excluding carboxylic acids is 3. The molecule has 2 aliphatic rings. The molecule has 7 heteroatoms. The molecule has 0 aromatic carbocycles. The van der Waals surface area contributed by atoms with Crippen LogP contribution in [0.1, 0.15) is 28.9 Å². The van der Waals surface area contributed by atoms with Gasteiger partial charge in [0.25, 0.3) is 5.91 Å². The third kappa shape index (κ3) is 2.18. The summed E-state index contributed by atoms with van der Waals surface area (Å²) in [5.41, 5.74) is 0.547. The number of methoxy groups -OCH3 is 1. The summed E-state index contributed by atoms with van der Waals surface area (Å²) in [6, 6.07) is 1.22. The lowest BCUT2D eigenvalue weighted by Gasteiger charge is -2.15. The largest absolute Gasteiger partial charge is 0.465 e. The number of amides is 2. The molecule has 0 radical (unpaired) electrons. The number of hydrogen-bond donors (Lipinski definition) is 1. The van der Waals surface area contributed by atoms with E-state index in [9.17, 15) is 14.4 Å². The summed E-state index contributed by atoms with van der Waals surface area (Å²) in [4.78, 5) is 37.4. The van der Waals surface area contributed by atoms with E-state index in [4.69, 9.17) is 0 Å².